The lowest BCUT2D eigenvalue weighted by atomic mass is 9.80. The highest BCUT2D eigenvalue weighted by molar-refractivity contribution is 4.91. The number of fused-ring (bicyclic) bond motifs is 1. The van der Waals surface area contributed by atoms with Gasteiger partial charge in [0.05, 0.1) is 18.3 Å². The molecule has 1 heterocycles. The summed E-state index contributed by atoms with van der Waals surface area (Å²) in [6.45, 7) is 0. The van der Waals surface area contributed by atoms with E-state index in [1.165, 1.54) is 44.9 Å². The van der Waals surface area contributed by atoms with E-state index in [4.69, 9.17) is 4.74 Å². The highest BCUT2D eigenvalue weighted by Crippen LogP contribution is 2.42. The van der Waals surface area contributed by atoms with Crippen LogP contribution in [0.4, 0.5) is 0 Å². The second-order valence-corrected chi connectivity index (χ2v) is 6.14. The minimum Gasteiger partial charge on any atom is -0.393 e. The van der Waals surface area contributed by atoms with Crippen molar-refractivity contribution >= 4 is 0 Å². The van der Waals surface area contributed by atoms with Crippen molar-refractivity contribution in [3.63, 3.8) is 0 Å². The van der Waals surface area contributed by atoms with Gasteiger partial charge in [-0.3, -0.25) is 0 Å². The number of rotatable bonds is 3. The first-order chi connectivity index (χ1) is 7.81. The molecule has 2 saturated carbocycles. The number of hydrogen-bond acceptors (Lipinski definition) is 2. The van der Waals surface area contributed by atoms with E-state index in [9.17, 15) is 5.11 Å². The van der Waals surface area contributed by atoms with E-state index < -0.39 is 0 Å². The van der Waals surface area contributed by atoms with Crippen LogP contribution in [-0.2, 0) is 4.74 Å². The number of ether oxygens (including phenoxy) is 1. The normalized spacial score (nSPS) is 47.4. The van der Waals surface area contributed by atoms with E-state index in [0.29, 0.717) is 12.2 Å². The zero-order valence-corrected chi connectivity index (χ0v) is 10.1. The molecular formula is C14H24O2. The van der Waals surface area contributed by atoms with Crippen LogP contribution in [0.3, 0.4) is 0 Å². The zero-order chi connectivity index (χ0) is 11.0. The first-order valence-electron chi connectivity index (χ1n) is 7.15. The third-order valence-electron chi connectivity index (χ3n) is 4.91. The van der Waals surface area contributed by atoms with Crippen molar-refractivity contribution in [2.24, 2.45) is 11.8 Å². The summed E-state index contributed by atoms with van der Waals surface area (Å²) in [5, 5.41) is 9.47. The van der Waals surface area contributed by atoms with Crippen LogP contribution in [0, 0.1) is 11.8 Å². The zero-order valence-electron chi connectivity index (χ0n) is 10.1. The van der Waals surface area contributed by atoms with Gasteiger partial charge in [-0.25, -0.2) is 0 Å². The monoisotopic (exact) mass is 224 g/mol. The third-order valence-corrected chi connectivity index (χ3v) is 4.91. The molecule has 92 valence electrons. The van der Waals surface area contributed by atoms with Crippen LogP contribution >= 0.6 is 0 Å². The molecule has 0 spiro atoms. The average molecular weight is 224 g/mol. The minimum absolute atomic E-state index is 0.00607. The summed E-state index contributed by atoms with van der Waals surface area (Å²) in [5.74, 6) is 1.84. The van der Waals surface area contributed by atoms with Crippen LogP contribution in [-0.4, -0.2) is 23.4 Å². The molecule has 2 heteroatoms. The van der Waals surface area contributed by atoms with Gasteiger partial charge in [0.2, 0.25) is 0 Å². The fraction of sp³-hybridized carbons (Fsp3) is 1.00. The topological polar surface area (TPSA) is 32.8 Å². The van der Waals surface area contributed by atoms with E-state index >= 15 is 0 Å². The Morgan fingerprint density at radius 3 is 2.25 bits per heavy atom. The van der Waals surface area contributed by atoms with Gasteiger partial charge in [-0.15, -0.1) is 0 Å². The standard InChI is InChI=1S/C14H24O2/c15-12-6-3-10(4-7-12)1-2-11-5-8-13-14(9-11)16-13/h10-15H,1-9H2. The lowest BCUT2D eigenvalue weighted by Gasteiger charge is -2.27. The SMILES string of the molecule is OC1CCC(CCC2CCC3OC3C2)CC1. The van der Waals surface area contributed by atoms with Gasteiger partial charge in [0.25, 0.3) is 0 Å². The molecule has 3 atom stereocenters. The smallest absolute Gasteiger partial charge is 0.0844 e. The number of hydrogen-bond donors (Lipinski definition) is 1. The number of epoxide rings is 1. The van der Waals surface area contributed by atoms with Gasteiger partial charge in [-0.2, -0.15) is 0 Å². The molecule has 0 aromatic carbocycles. The van der Waals surface area contributed by atoms with Crippen LogP contribution in [0.2, 0.25) is 0 Å². The van der Waals surface area contributed by atoms with Crippen molar-refractivity contribution in [3.05, 3.63) is 0 Å². The highest BCUT2D eigenvalue weighted by Gasteiger charge is 2.43. The fourth-order valence-electron chi connectivity index (χ4n) is 3.65. The quantitative estimate of drug-likeness (QED) is 0.748. The van der Waals surface area contributed by atoms with Gasteiger partial charge < -0.3 is 9.84 Å². The molecule has 0 radical (unpaired) electrons. The first-order valence-corrected chi connectivity index (χ1v) is 7.15. The van der Waals surface area contributed by atoms with Crippen molar-refractivity contribution in [2.75, 3.05) is 0 Å². The van der Waals surface area contributed by atoms with E-state index in [1.807, 2.05) is 0 Å². The summed E-state index contributed by atoms with van der Waals surface area (Å²) >= 11 is 0. The Balaban J connectivity index is 1.36. The Labute approximate surface area is 98.4 Å². The second-order valence-electron chi connectivity index (χ2n) is 6.14. The molecule has 3 rings (SSSR count). The highest BCUT2D eigenvalue weighted by atomic mass is 16.6. The van der Waals surface area contributed by atoms with Crippen LogP contribution in [0.25, 0.3) is 0 Å². The molecule has 1 N–H and O–H groups in total. The predicted octanol–water partition coefficient (Wildman–Crippen LogP) is 2.89. The fourth-order valence-corrected chi connectivity index (χ4v) is 3.65. The van der Waals surface area contributed by atoms with Crippen LogP contribution in [0.5, 0.6) is 0 Å². The summed E-state index contributed by atoms with van der Waals surface area (Å²) in [6, 6.07) is 0. The molecule has 0 bridgehead atoms. The van der Waals surface area contributed by atoms with E-state index in [2.05, 4.69) is 0 Å². The van der Waals surface area contributed by atoms with Crippen molar-refractivity contribution in [1.82, 2.24) is 0 Å². The average Bonchev–Trinajstić information content (AvgIpc) is 3.06. The number of aliphatic hydroxyl groups excluding tert-OH is 1. The largest absolute Gasteiger partial charge is 0.393 e. The third kappa shape index (κ3) is 2.60. The van der Waals surface area contributed by atoms with E-state index in [1.54, 1.807) is 0 Å². The van der Waals surface area contributed by atoms with Gasteiger partial charge in [0, 0.05) is 0 Å². The van der Waals surface area contributed by atoms with Crippen LogP contribution in [0.1, 0.15) is 57.8 Å². The molecule has 0 amide bonds. The first kappa shape index (κ1) is 11.0. The van der Waals surface area contributed by atoms with Crippen LogP contribution in [0.15, 0.2) is 0 Å². The lowest BCUT2D eigenvalue weighted by molar-refractivity contribution is 0.104. The predicted molar refractivity (Wildman–Crippen MR) is 63.2 cm³/mol. The molecule has 3 aliphatic rings. The van der Waals surface area contributed by atoms with E-state index in [-0.39, 0.29) is 6.10 Å². The molecular weight excluding hydrogens is 200 g/mol. The number of aliphatic hydroxyl groups is 1. The van der Waals surface area contributed by atoms with Gasteiger partial charge in [0.1, 0.15) is 0 Å². The van der Waals surface area contributed by atoms with Gasteiger partial charge in [-0.05, 0) is 56.8 Å². The van der Waals surface area contributed by atoms with Crippen molar-refractivity contribution in [1.29, 1.82) is 0 Å². The molecule has 1 saturated heterocycles. The Bertz CT molecular complexity index is 233. The summed E-state index contributed by atoms with van der Waals surface area (Å²) in [5.41, 5.74) is 0. The van der Waals surface area contributed by atoms with Crippen molar-refractivity contribution < 1.29 is 9.84 Å². The second kappa shape index (κ2) is 4.66. The minimum atomic E-state index is 0.00607. The molecule has 16 heavy (non-hydrogen) atoms. The molecule has 2 aliphatic carbocycles. The maximum absolute atomic E-state index is 9.47. The Morgan fingerprint density at radius 1 is 0.812 bits per heavy atom. The van der Waals surface area contributed by atoms with Gasteiger partial charge in [0.15, 0.2) is 0 Å². The lowest BCUT2D eigenvalue weighted by Crippen LogP contribution is -2.20. The van der Waals surface area contributed by atoms with Crippen molar-refractivity contribution in [3.8, 4) is 0 Å². The summed E-state index contributed by atoms with van der Waals surface area (Å²) < 4.78 is 5.58. The maximum atomic E-state index is 9.47. The van der Waals surface area contributed by atoms with E-state index in [0.717, 1.165) is 24.7 Å². The Morgan fingerprint density at radius 2 is 1.50 bits per heavy atom. The summed E-state index contributed by atoms with van der Waals surface area (Å²) in [6.07, 6.45) is 12.8. The molecule has 1 aliphatic heterocycles. The molecule has 3 unspecified atom stereocenters. The van der Waals surface area contributed by atoms with Crippen molar-refractivity contribution in [2.45, 2.75) is 76.1 Å². The van der Waals surface area contributed by atoms with Gasteiger partial charge in [-0.1, -0.05) is 12.8 Å². The molecule has 0 aromatic heterocycles. The Kier molecular flexibility index (Phi) is 3.21. The molecule has 0 aromatic rings. The molecule has 2 nitrogen and oxygen atoms in total. The maximum Gasteiger partial charge on any atom is 0.0844 e. The molecule has 3 fully saturated rings. The Hall–Kier alpha value is -0.0800. The van der Waals surface area contributed by atoms with Gasteiger partial charge >= 0.3 is 0 Å². The summed E-state index contributed by atoms with van der Waals surface area (Å²) in [7, 11) is 0. The summed E-state index contributed by atoms with van der Waals surface area (Å²) in [4.78, 5) is 0. The van der Waals surface area contributed by atoms with Crippen LogP contribution < -0.4 is 0 Å².